The van der Waals surface area contributed by atoms with Crippen LogP contribution in [0.4, 0.5) is 10.6 Å². The fraction of sp³-hybridized carbons (Fsp3) is 0.704. The van der Waals surface area contributed by atoms with Gasteiger partial charge in [0.2, 0.25) is 5.91 Å². The summed E-state index contributed by atoms with van der Waals surface area (Å²) in [6.07, 6.45) is 1.73. The smallest absolute Gasteiger partial charge is 0.410 e. The van der Waals surface area contributed by atoms with Gasteiger partial charge in [-0.1, -0.05) is 0 Å². The number of piperidine rings is 1. The summed E-state index contributed by atoms with van der Waals surface area (Å²) in [5.41, 5.74) is 6.90. The van der Waals surface area contributed by atoms with Crippen LogP contribution in [-0.2, 0) is 25.5 Å². The first-order chi connectivity index (χ1) is 20.2. The number of hydrogen-bond donors (Lipinski definition) is 4. The summed E-state index contributed by atoms with van der Waals surface area (Å²) in [5, 5.41) is 24.0. The number of nitrogens with zero attached hydrogens (tertiary/aromatic N) is 6. The molecule has 5 atom stereocenters. The average molecular weight is 587 g/mol. The molecule has 4 aliphatic rings. The molecule has 5 N–H and O–H groups in total. The van der Waals surface area contributed by atoms with Gasteiger partial charge in [0.25, 0.3) is 5.91 Å². The Balaban J connectivity index is 1.02. The summed E-state index contributed by atoms with van der Waals surface area (Å²) in [7, 11) is 1.71. The van der Waals surface area contributed by atoms with Crippen molar-refractivity contribution >= 4 is 34.9 Å². The molecule has 228 valence electrons. The number of nitrogens with two attached hydrogens (primary N) is 1. The number of nitrogens with one attached hydrogen (secondary N) is 1. The van der Waals surface area contributed by atoms with Crippen LogP contribution in [0.25, 0.3) is 11.2 Å². The van der Waals surface area contributed by atoms with E-state index < -0.39 is 30.4 Å². The van der Waals surface area contributed by atoms with Gasteiger partial charge in [-0.15, -0.1) is 0 Å². The molecule has 0 radical (unpaired) electrons. The fourth-order valence-electron chi connectivity index (χ4n) is 5.97. The number of hydrogen-bond acceptors (Lipinski definition) is 11. The van der Waals surface area contributed by atoms with Gasteiger partial charge in [0.15, 0.2) is 23.8 Å². The van der Waals surface area contributed by atoms with Crippen LogP contribution in [0.2, 0.25) is 0 Å². The summed E-state index contributed by atoms with van der Waals surface area (Å²) < 4.78 is 12.8. The highest BCUT2D eigenvalue weighted by Crippen LogP contribution is 2.33. The Labute approximate surface area is 242 Å². The topological polar surface area (TPSA) is 198 Å². The van der Waals surface area contributed by atoms with Crippen LogP contribution in [0, 0.1) is 5.92 Å². The van der Waals surface area contributed by atoms with Gasteiger partial charge in [-0.3, -0.25) is 14.2 Å². The largest absolute Gasteiger partial charge is 0.444 e. The Morgan fingerprint density at radius 3 is 2.62 bits per heavy atom. The minimum Gasteiger partial charge on any atom is -0.444 e. The number of aryl methyl sites for hydroxylation is 1. The Bertz CT molecular complexity index is 1340. The third-order valence-corrected chi connectivity index (χ3v) is 8.65. The number of anilines is 1. The lowest BCUT2D eigenvalue weighted by atomic mass is 9.91. The molecule has 2 unspecified atom stereocenters. The maximum atomic E-state index is 12.5. The third kappa shape index (κ3) is 5.85. The number of carbonyl (C=O) groups excluding carboxylic acids is 3. The highest BCUT2D eigenvalue weighted by Gasteiger charge is 2.48. The summed E-state index contributed by atoms with van der Waals surface area (Å²) in [6.45, 7) is 1.67. The number of nitrogen functional groups attached to an aromatic ring is 1. The summed E-state index contributed by atoms with van der Waals surface area (Å²) >= 11 is 0. The van der Waals surface area contributed by atoms with Crippen molar-refractivity contribution in [2.45, 2.75) is 88.1 Å². The van der Waals surface area contributed by atoms with Crippen LogP contribution in [0.5, 0.6) is 0 Å². The quantitative estimate of drug-likeness (QED) is 0.317. The van der Waals surface area contributed by atoms with E-state index in [2.05, 4.69) is 20.3 Å². The Kier molecular flexibility index (Phi) is 7.89. The van der Waals surface area contributed by atoms with E-state index in [1.807, 2.05) is 0 Å². The number of aromatic nitrogens is 4. The van der Waals surface area contributed by atoms with Gasteiger partial charge in [-0.25, -0.2) is 19.7 Å². The second-order valence-corrected chi connectivity index (χ2v) is 11.9. The minimum absolute atomic E-state index is 0.00840. The predicted molar refractivity (Wildman–Crippen MR) is 147 cm³/mol. The Morgan fingerprint density at radius 2 is 1.93 bits per heavy atom. The summed E-state index contributed by atoms with van der Waals surface area (Å²) in [5.74, 6) is 0.710. The third-order valence-electron chi connectivity index (χ3n) is 8.65. The van der Waals surface area contributed by atoms with Crippen LogP contribution in [0.3, 0.4) is 0 Å². The van der Waals surface area contributed by atoms with Crippen molar-refractivity contribution in [2.75, 3.05) is 32.4 Å². The van der Waals surface area contributed by atoms with Gasteiger partial charge < -0.3 is 40.5 Å². The van der Waals surface area contributed by atoms with E-state index in [0.29, 0.717) is 49.0 Å². The van der Waals surface area contributed by atoms with Gasteiger partial charge in [0.1, 0.15) is 29.7 Å². The molecule has 4 fully saturated rings. The van der Waals surface area contributed by atoms with E-state index in [1.165, 1.54) is 10.9 Å². The van der Waals surface area contributed by atoms with Gasteiger partial charge in [0.05, 0.1) is 19.3 Å². The van der Waals surface area contributed by atoms with E-state index in [0.717, 1.165) is 38.5 Å². The molecule has 1 saturated carbocycles. The first-order valence-corrected chi connectivity index (χ1v) is 14.7. The van der Waals surface area contributed by atoms with E-state index in [9.17, 15) is 24.6 Å². The number of aliphatic hydroxyl groups excluding tert-OH is 2. The molecule has 15 heteroatoms. The predicted octanol–water partition coefficient (Wildman–Crippen LogP) is -0.292. The first kappa shape index (κ1) is 28.6. The monoisotopic (exact) mass is 586 g/mol. The van der Waals surface area contributed by atoms with Gasteiger partial charge >= 0.3 is 6.09 Å². The molecule has 15 nitrogen and oxygen atoms in total. The second-order valence-electron chi connectivity index (χ2n) is 11.9. The molecule has 3 amide bonds. The molecular formula is C27H38N8O7. The number of aliphatic hydroxyl groups is 2. The van der Waals surface area contributed by atoms with E-state index in [-0.39, 0.29) is 36.4 Å². The Hall–Kier alpha value is -3.56. The number of amides is 3. The van der Waals surface area contributed by atoms with Gasteiger partial charge in [0, 0.05) is 32.6 Å². The van der Waals surface area contributed by atoms with Crippen molar-refractivity contribution in [2.24, 2.45) is 5.92 Å². The van der Waals surface area contributed by atoms with Crippen molar-refractivity contribution in [1.82, 2.24) is 34.6 Å². The molecular weight excluding hydrogens is 548 g/mol. The standard InChI is InChI=1S/C27H38N8O7/c1-33-12-16(11-18(33)36)41-27(40)34-9-7-14(8-10-34)3-2-4-17-31-23(28)19-24(32-17)35(13-29-19)26-21(38)20(37)22(42-26)25(39)30-15-5-6-15/h13-16,20-22,26,37-38H,2-12H2,1H3,(H,30,39)(H2,28,31,32)/t16?,20-,21?,22+,26-/m1/s1. The van der Waals surface area contributed by atoms with Crippen LogP contribution >= 0.6 is 0 Å². The first-order valence-electron chi connectivity index (χ1n) is 14.7. The van der Waals surface area contributed by atoms with Crippen LogP contribution < -0.4 is 11.1 Å². The van der Waals surface area contributed by atoms with Crippen LogP contribution in [0.1, 0.15) is 57.0 Å². The average Bonchev–Trinajstić information content (AvgIpc) is 3.47. The number of likely N-dealkylation sites (tertiary alicyclic amines) is 2. The highest BCUT2D eigenvalue weighted by atomic mass is 16.6. The van der Waals surface area contributed by atoms with Gasteiger partial charge in [-0.05, 0) is 44.4 Å². The summed E-state index contributed by atoms with van der Waals surface area (Å²) in [6, 6.07) is 0.0925. The van der Waals surface area contributed by atoms with Crippen molar-refractivity contribution in [3.8, 4) is 0 Å². The Morgan fingerprint density at radius 1 is 1.17 bits per heavy atom. The molecule has 0 bridgehead atoms. The number of carbonyl (C=O) groups is 3. The van der Waals surface area contributed by atoms with E-state index >= 15 is 0 Å². The lowest BCUT2D eigenvalue weighted by molar-refractivity contribution is -0.137. The number of rotatable bonds is 8. The molecule has 6 rings (SSSR count). The zero-order chi connectivity index (χ0) is 29.5. The zero-order valence-corrected chi connectivity index (χ0v) is 23.6. The van der Waals surface area contributed by atoms with Gasteiger partial charge in [-0.2, -0.15) is 0 Å². The molecule has 0 spiro atoms. The van der Waals surface area contributed by atoms with E-state index in [1.54, 1.807) is 16.8 Å². The maximum absolute atomic E-state index is 12.5. The number of ether oxygens (including phenoxy) is 2. The molecule has 3 saturated heterocycles. The number of likely N-dealkylation sites (N-methyl/N-ethyl adjacent to an activating group) is 1. The molecule has 2 aromatic heterocycles. The maximum Gasteiger partial charge on any atom is 0.410 e. The zero-order valence-electron chi connectivity index (χ0n) is 23.6. The summed E-state index contributed by atoms with van der Waals surface area (Å²) in [4.78, 5) is 53.4. The molecule has 42 heavy (non-hydrogen) atoms. The minimum atomic E-state index is -1.40. The number of imidazole rings is 1. The molecule has 5 heterocycles. The van der Waals surface area contributed by atoms with Crippen molar-refractivity contribution < 1.29 is 34.1 Å². The number of fused-ring (bicyclic) bond motifs is 1. The highest BCUT2D eigenvalue weighted by molar-refractivity contribution is 5.83. The van der Waals surface area contributed by atoms with Crippen molar-refractivity contribution in [3.05, 3.63) is 12.2 Å². The molecule has 1 aliphatic carbocycles. The molecule has 0 aromatic carbocycles. The van der Waals surface area contributed by atoms with Crippen LogP contribution in [-0.4, -0.2) is 115 Å². The molecule has 2 aromatic rings. The van der Waals surface area contributed by atoms with Crippen molar-refractivity contribution in [3.63, 3.8) is 0 Å². The second kappa shape index (κ2) is 11.6. The lowest BCUT2D eigenvalue weighted by Gasteiger charge is -2.32. The fourth-order valence-corrected chi connectivity index (χ4v) is 5.97. The van der Waals surface area contributed by atoms with Crippen molar-refractivity contribution in [1.29, 1.82) is 0 Å². The SMILES string of the molecule is CN1CC(OC(=O)N2CCC(CCCc3nc(N)c4ncn([C@@H]5O[C@H](C(=O)NC6CC6)[C@H](O)C5O)c4n3)CC2)CC1=O. The molecule has 3 aliphatic heterocycles. The van der Waals surface area contributed by atoms with Crippen LogP contribution in [0.15, 0.2) is 6.33 Å². The normalized spacial score (nSPS) is 28.5. The lowest BCUT2D eigenvalue weighted by Crippen LogP contribution is -2.43. The van der Waals surface area contributed by atoms with E-state index in [4.69, 9.17) is 15.2 Å².